The van der Waals surface area contributed by atoms with Gasteiger partial charge in [0.25, 0.3) is 5.69 Å². The first-order valence-electron chi connectivity index (χ1n) is 9.37. The average molecular weight is 452 g/mol. The molecule has 4 fully saturated rings. The summed E-state index contributed by atoms with van der Waals surface area (Å²) in [6, 6.07) is 4.37. The van der Waals surface area contributed by atoms with Crippen LogP contribution in [0.4, 0.5) is 11.4 Å². The number of non-ortho nitro benzene ring substituents is 1. The van der Waals surface area contributed by atoms with Crippen LogP contribution in [-0.4, -0.2) is 15.9 Å². The van der Waals surface area contributed by atoms with Gasteiger partial charge in [-0.15, -0.1) is 0 Å². The number of hydrogen-bond acceptors (Lipinski definition) is 4. The number of anilines is 1. The van der Waals surface area contributed by atoms with Gasteiger partial charge in [0.05, 0.1) is 10.6 Å². The fraction of sp³-hybridized carbons (Fsp3) is 0.579. The Morgan fingerprint density at radius 1 is 1.22 bits per heavy atom. The van der Waals surface area contributed by atoms with Gasteiger partial charge in [0.15, 0.2) is 5.11 Å². The maximum absolute atomic E-state index is 12.6. The van der Waals surface area contributed by atoms with E-state index in [4.69, 9.17) is 12.2 Å². The number of nitro groups is 1. The summed E-state index contributed by atoms with van der Waals surface area (Å²) >= 11 is 8.56. The minimum atomic E-state index is -0.458. The second kappa shape index (κ2) is 7.13. The van der Waals surface area contributed by atoms with E-state index in [1.807, 2.05) is 0 Å². The third-order valence-electron chi connectivity index (χ3n) is 6.37. The molecule has 1 aromatic carbocycles. The van der Waals surface area contributed by atoms with Crippen molar-refractivity contribution in [2.75, 3.05) is 5.32 Å². The molecule has 2 N–H and O–H groups in total. The first-order valence-corrected chi connectivity index (χ1v) is 10.6. The standard InChI is InChI=1S/C19H22BrN3O3S/c20-15-6-14(23(25)26)1-2-16(15)21-18(27)22-17(24)10-19-7-11-3-12(8-19)5-13(4-11)9-19/h1-2,6,11-13H,3-5,7-10H2,(H2,21,22,24,27). The van der Waals surface area contributed by atoms with Gasteiger partial charge in [0, 0.05) is 23.0 Å². The van der Waals surface area contributed by atoms with Gasteiger partial charge in [-0.2, -0.15) is 0 Å². The van der Waals surface area contributed by atoms with Gasteiger partial charge in [0.1, 0.15) is 0 Å². The Bertz CT molecular complexity index is 778. The van der Waals surface area contributed by atoms with Crippen LogP contribution >= 0.6 is 28.1 Å². The fourth-order valence-electron chi connectivity index (χ4n) is 5.89. The van der Waals surface area contributed by atoms with Gasteiger partial charge in [-0.1, -0.05) is 0 Å². The van der Waals surface area contributed by atoms with Crippen LogP contribution in [0.5, 0.6) is 0 Å². The summed E-state index contributed by atoms with van der Waals surface area (Å²) < 4.78 is 0.523. The van der Waals surface area contributed by atoms with E-state index >= 15 is 0 Å². The predicted molar refractivity (Wildman–Crippen MR) is 110 cm³/mol. The minimum absolute atomic E-state index is 0.0100. The number of nitrogens with zero attached hydrogens (tertiary/aromatic N) is 1. The molecule has 1 amide bonds. The minimum Gasteiger partial charge on any atom is -0.331 e. The number of carbonyl (C=O) groups is 1. The number of thiocarbonyl (C=S) groups is 1. The quantitative estimate of drug-likeness (QED) is 0.390. The van der Waals surface area contributed by atoms with Crippen molar-refractivity contribution in [3.05, 3.63) is 32.8 Å². The molecule has 1 aromatic rings. The predicted octanol–water partition coefficient (Wildman–Crippen LogP) is 4.78. The maximum Gasteiger partial charge on any atom is 0.270 e. The lowest BCUT2D eigenvalue weighted by molar-refractivity contribution is -0.384. The molecule has 0 saturated heterocycles. The number of nitro benzene ring substituents is 1. The van der Waals surface area contributed by atoms with Gasteiger partial charge < -0.3 is 10.6 Å². The lowest BCUT2D eigenvalue weighted by atomic mass is 9.49. The van der Waals surface area contributed by atoms with Crippen LogP contribution in [-0.2, 0) is 4.79 Å². The normalized spacial score (nSPS) is 30.8. The van der Waals surface area contributed by atoms with Gasteiger partial charge >= 0.3 is 0 Å². The van der Waals surface area contributed by atoms with E-state index in [9.17, 15) is 14.9 Å². The molecule has 0 radical (unpaired) electrons. The van der Waals surface area contributed by atoms with Crippen molar-refractivity contribution in [1.82, 2.24) is 5.32 Å². The molecule has 0 atom stereocenters. The molecule has 0 unspecified atom stereocenters. The molecular weight excluding hydrogens is 430 g/mol. The fourth-order valence-corrected chi connectivity index (χ4v) is 6.58. The van der Waals surface area contributed by atoms with Gasteiger partial charge in [-0.3, -0.25) is 14.9 Å². The van der Waals surface area contributed by atoms with E-state index in [1.165, 1.54) is 50.7 Å². The van der Waals surface area contributed by atoms with Crippen molar-refractivity contribution in [3.8, 4) is 0 Å². The highest BCUT2D eigenvalue weighted by molar-refractivity contribution is 9.10. The zero-order valence-corrected chi connectivity index (χ0v) is 17.3. The van der Waals surface area contributed by atoms with Crippen molar-refractivity contribution in [2.45, 2.75) is 44.9 Å². The zero-order valence-electron chi connectivity index (χ0n) is 14.9. The smallest absolute Gasteiger partial charge is 0.270 e. The Morgan fingerprint density at radius 2 is 1.81 bits per heavy atom. The van der Waals surface area contributed by atoms with Crippen LogP contribution in [0.1, 0.15) is 44.9 Å². The summed E-state index contributed by atoms with van der Waals surface area (Å²) in [6.45, 7) is 0. The monoisotopic (exact) mass is 451 g/mol. The van der Waals surface area contributed by atoms with Crippen LogP contribution in [0, 0.1) is 33.3 Å². The largest absolute Gasteiger partial charge is 0.331 e. The van der Waals surface area contributed by atoms with Crippen LogP contribution in [0.2, 0.25) is 0 Å². The van der Waals surface area contributed by atoms with Crippen molar-refractivity contribution >= 4 is 50.5 Å². The number of benzene rings is 1. The third-order valence-corrected chi connectivity index (χ3v) is 7.23. The zero-order chi connectivity index (χ0) is 19.2. The number of carbonyl (C=O) groups excluding carboxylic acids is 1. The van der Waals surface area contributed by atoms with Crippen LogP contribution in [0.3, 0.4) is 0 Å². The summed E-state index contributed by atoms with van der Waals surface area (Å²) in [4.78, 5) is 23.0. The molecule has 6 nitrogen and oxygen atoms in total. The molecule has 0 aromatic heterocycles. The molecule has 4 aliphatic carbocycles. The molecular formula is C19H22BrN3O3S. The topological polar surface area (TPSA) is 84.3 Å². The molecule has 4 bridgehead atoms. The van der Waals surface area contributed by atoms with E-state index in [0.29, 0.717) is 16.6 Å². The van der Waals surface area contributed by atoms with E-state index in [2.05, 4.69) is 26.6 Å². The SMILES string of the molecule is O=C(CC12CC3CC(CC(C3)C1)C2)NC(=S)Nc1ccc([N+](=O)[O-])cc1Br. The molecule has 144 valence electrons. The van der Waals surface area contributed by atoms with E-state index in [-0.39, 0.29) is 22.1 Å². The van der Waals surface area contributed by atoms with Crippen molar-refractivity contribution in [3.63, 3.8) is 0 Å². The van der Waals surface area contributed by atoms with Crippen LogP contribution < -0.4 is 10.6 Å². The van der Waals surface area contributed by atoms with E-state index in [0.717, 1.165) is 17.8 Å². The Kier molecular flexibility index (Phi) is 4.96. The molecule has 0 spiro atoms. The Balaban J connectivity index is 1.35. The van der Waals surface area contributed by atoms with Gasteiger partial charge in [0.2, 0.25) is 5.91 Å². The van der Waals surface area contributed by atoms with Crippen LogP contribution in [0.25, 0.3) is 0 Å². The second-order valence-electron chi connectivity index (χ2n) is 8.52. The molecule has 0 heterocycles. The number of hydrogen-bond donors (Lipinski definition) is 2. The summed E-state index contributed by atoms with van der Waals surface area (Å²) in [5.41, 5.74) is 0.743. The molecule has 4 saturated carbocycles. The molecule has 0 aliphatic heterocycles. The Hall–Kier alpha value is -1.54. The summed E-state index contributed by atoms with van der Waals surface area (Å²) in [5.74, 6) is 2.40. The highest BCUT2D eigenvalue weighted by atomic mass is 79.9. The molecule has 27 heavy (non-hydrogen) atoms. The molecule has 4 aliphatic rings. The summed E-state index contributed by atoms with van der Waals surface area (Å²) in [5, 5.41) is 16.8. The lowest BCUT2D eigenvalue weighted by Crippen LogP contribution is -2.48. The van der Waals surface area contributed by atoms with Crippen molar-refractivity contribution in [1.29, 1.82) is 0 Å². The van der Waals surface area contributed by atoms with E-state index < -0.39 is 4.92 Å². The lowest BCUT2D eigenvalue weighted by Gasteiger charge is -2.56. The molecule has 8 heteroatoms. The number of nitrogens with one attached hydrogen (secondary N) is 2. The van der Waals surface area contributed by atoms with Gasteiger partial charge in [-0.25, -0.2) is 0 Å². The van der Waals surface area contributed by atoms with Crippen molar-refractivity contribution < 1.29 is 9.72 Å². The highest BCUT2D eigenvalue weighted by Crippen LogP contribution is 2.61. The highest BCUT2D eigenvalue weighted by Gasteiger charge is 2.51. The Morgan fingerprint density at radius 3 is 2.33 bits per heavy atom. The summed E-state index contributed by atoms with van der Waals surface area (Å²) in [7, 11) is 0. The number of rotatable bonds is 4. The average Bonchev–Trinajstić information content (AvgIpc) is 2.54. The molecule has 5 rings (SSSR count). The van der Waals surface area contributed by atoms with Gasteiger partial charge in [-0.05, 0) is 95.9 Å². The first-order chi connectivity index (χ1) is 12.8. The third kappa shape index (κ3) is 4.01. The number of amides is 1. The van der Waals surface area contributed by atoms with Crippen LogP contribution in [0.15, 0.2) is 22.7 Å². The first kappa shape index (κ1) is 18.8. The number of halogens is 1. The Labute approximate surface area is 171 Å². The second-order valence-corrected chi connectivity index (χ2v) is 9.78. The summed E-state index contributed by atoms with van der Waals surface area (Å²) in [6.07, 6.45) is 8.15. The maximum atomic E-state index is 12.6. The van der Waals surface area contributed by atoms with Crippen molar-refractivity contribution in [2.24, 2.45) is 23.2 Å². The van der Waals surface area contributed by atoms with E-state index in [1.54, 1.807) is 6.07 Å².